The van der Waals surface area contributed by atoms with Gasteiger partial charge in [-0.25, -0.2) is 4.39 Å². The van der Waals surface area contributed by atoms with Crippen LogP contribution in [-0.4, -0.2) is 4.98 Å². The number of ether oxygens (including phenoxy) is 1. The summed E-state index contributed by atoms with van der Waals surface area (Å²) in [6.45, 7) is 2.18. The number of halogens is 1. The zero-order valence-corrected chi connectivity index (χ0v) is 9.48. The Labute approximate surface area is 99.1 Å². The van der Waals surface area contributed by atoms with Crippen LogP contribution in [0.2, 0.25) is 0 Å². The Kier molecular flexibility index (Phi) is 3.35. The zero-order chi connectivity index (χ0) is 12.3. The van der Waals surface area contributed by atoms with Gasteiger partial charge in [-0.1, -0.05) is 6.07 Å². The van der Waals surface area contributed by atoms with Crippen molar-refractivity contribution >= 4 is 0 Å². The van der Waals surface area contributed by atoms with Gasteiger partial charge in [0.05, 0.1) is 0 Å². The van der Waals surface area contributed by atoms with E-state index in [9.17, 15) is 4.39 Å². The van der Waals surface area contributed by atoms with Gasteiger partial charge in [-0.05, 0) is 30.7 Å². The summed E-state index contributed by atoms with van der Waals surface area (Å²) in [6, 6.07) is 6.40. The molecule has 2 aromatic rings. The van der Waals surface area contributed by atoms with Gasteiger partial charge >= 0.3 is 0 Å². The molecule has 17 heavy (non-hydrogen) atoms. The van der Waals surface area contributed by atoms with Crippen LogP contribution >= 0.6 is 0 Å². The molecule has 0 bridgehead atoms. The van der Waals surface area contributed by atoms with Gasteiger partial charge in [-0.3, -0.25) is 4.98 Å². The van der Waals surface area contributed by atoms with Crippen molar-refractivity contribution in [2.45, 2.75) is 13.5 Å². The van der Waals surface area contributed by atoms with Gasteiger partial charge in [0, 0.05) is 24.5 Å². The summed E-state index contributed by atoms with van der Waals surface area (Å²) in [4.78, 5) is 3.94. The van der Waals surface area contributed by atoms with Crippen molar-refractivity contribution in [2.75, 3.05) is 0 Å². The molecule has 0 aliphatic rings. The van der Waals surface area contributed by atoms with E-state index < -0.39 is 5.82 Å². The topological polar surface area (TPSA) is 48.1 Å². The van der Waals surface area contributed by atoms with Crippen LogP contribution < -0.4 is 10.5 Å². The summed E-state index contributed by atoms with van der Waals surface area (Å²) in [5.41, 5.74) is 7.24. The molecule has 88 valence electrons. The maximum absolute atomic E-state index is 13.5. The summed E-state index contributed by atoms with van der Waals surface area (Å²) in [7, 11) is 0. The van der Waals surface area contributed by atoms with Crippen molar-refractivity contribution in [1.82, 2.24) is 4.98 Å². The van der Waals surface area contributed by atoms with Crippen LogP contribution in [0, 0.1) is 12.7 Å². The summed E-state index contributed by atoms with van der Waals surface area (Å²) < 4.78 is 19.0. The lowest BCUT2D eigenvalue weighted by atomic mass is 10.2. The second kappa shape index (κ2) is 4.93. The molecule has 0 aliphatic carbocycles. The average molecular weight is 232 g/mol. The predicted molar refractivity (Wildman–Crippen MR) is 63.3 cm³/mol. The first-order valence-corrected chi connectivity index (χ1v) is 5.27. The third-order valence-corrected chi connectivity index (χ3v) is 2.39. The fraction of sp³-hybridized carbons (Fsp3) is 0.154. The van der Waals surface area contributed by atoms with E-state index in [2.05, 4.69) is 4.98 Å². The van der Waals surface area contributed by atoms with Crippen LogP contribution in [0.4, 0.5) is 4.39 Å². The van der Waals surface area contributed by atoms with E-state index in [1.54, 1.807) is 30.6 Å². The van der Waals surface area contributed by atoms with Gasteiger partial charge in [0.15, 0.2) is 11.6 Å². The SMILES string of the molecule is Cc1ccc(F)c(Oc2ccncc2CN)c1. The van der Waals surface area contributed by atoms with Crippen LogP contribution in [-0.2, 0) is 6.54 Å². The van der Waals surface area contributed by atoms with Crippen LogP contribution in [0.1, 0.15) is 11.1 Å². The Morgan fingerprint density at radius 3 is 2.88 bits per heavy atom. The highest BCUT2D eigenvalue weighted by Crippen LogP contribution is 2.27. The molecule has 1 aromatic heterocycles. The normalized spacial score (nSPS) is 10.3. The molecule has 2 rings (SSSR count). The van der Waals surface area contributed by atoms with E-state index in [0.29, 0.717) is 12.3 Å². The van der Waals surface area contributed by atoms with Crippen LogP contribution in [0.15, 0.2) is 36.7 Å². The average Bonchev–Trinajstić information content (AvgIpc) is 2.34. The molecular weight excluding hydrogens is 219 g/mol. The summed E-state index contributed by atoms with van der Waals surface area (Å²) in [5, 5.41) is 0. The Morgan fingerprint density at radius 2 is 2.12 bits per heavy atom. The van der Waals surface area contributed by atoms with Crippen molar-refractivity contribution in [1.29, 1.82) is 0 Å². The minimum absolute atomic E-state index is 0.200. The summed E-state index contributed by atoms with van der Waals surface area (Å²) >= 11 is 0. The Hall–Kier alpha value is -1.94. The van der Waals surface area contributed by atoms with E-state index in [-0.39, 0.29) is 5.75 Å². The molecule has 0 spiro atoms. The number of pyridine rings is 1. The molecule has 0 fully saturated rings. The van der Waals surface area contributed by atoms with E-state index in [1.807, 2.05) is 6.92 Å². The first-order chi connectivity index (χ1) is 8.20. The summed E-state index contributed by atoms with van der Waals surface area (Å²) in [6.07, 6.45) is 3.20. The highest BCUT2D eigenvalue weighted by Gasteiger charge is 2.07. The third kappa shape index (κ3) is 2.60. The number of aryl methyl sites for hydroxylation is 1. The molecule has 0 saturated heterocycles. The van der Waals surface area contributed by atoms with Crippen molar-refractivity contribution in [2.24, 2.45) is 5.73 Å². The molecule has 0 aliphatic heterocycles. The highest BCUT2D eigenvalue weighted by atomic mass is 19.1. The van der Waals surface area contributed by atoms with E-state index in [0.717, 1.165) is 11.1 Å². The van der Waals surface area contributed by atoms with Gasteiger partial charge in [0.2, 0.25) is 0 Å². The molecule has 0 radical (unpaired) electrons. The number of benzene rings is 1. The fourth-order valence-electron chi connectivity index (χ4n) is 1.47. The first-order valence-electron chi connectivity index (χ1n) is 5.27. The maximum atomic E-state index is 13.5. The van der Waals surface area contributed by atoms with Crippen LogP contribution in [0.3, 0.4) is 0 Å². The molecule has 2 N–H and O–H groups in total. The fourth-order valence-corrected chi connectivity index (χ4v) is 1.47. The zero-order valence-electron chi connectivity index (χ0n) is 9.48. The lowest BCUT2D eigenvalue weighted by Gasteiger charge is -2.10. The lowest BCUT2D eigenvalue weighted by molar-refractivity contribution is 0.437. The van der Waals surface area contributed by atoms with Crippen LogP contribution in [0.5, 0.6) is 11.5 Å². The van der Waals surface area contributed by atoms with E-state index >= 15 is 0 Å². The molecular formula is C13H13FN2O. The lowest BCUT2D eigenvalue weighted by Crippen LogP contribution is -2.00. The minimum Gasteiger partial charge on any atom is -0.454 e. The molecule has 1 heterocycles. The first kappa shape index (κ1) is 11.5. The van der Waals surface area contributed by atoms with Crippen LogP contribution in [0.25, 0.3) is 0 Å². The van der Waals surface area contributed by atoms with Gasteiger partial charge < -0.3 is 10.5 Å². The number of hydrogen-bond acceptors (Lipinski definition) is 3. The predicted octanol–water partition coefficient (Wildman–Crippen LogP) is 2.78. The Balaban J connectivity index is 2.34. The molecule has 0 atom stereocenters. The Morgan fingerprint density at radius 1 is 1.29 bits per heavy atom. The summed E-state index contributed by atoms with van der Waals surface area (Å²) in [5.74, 6) is 0.341. The second-order valence-electron chi connectivity index (χ2n) is 3.72. The van der Waals surface area contributed by atoms with Crippen molar-refractivity contribution in [3.63, 3.8) is 0 Å². The standard InChI is InChI=1S/C13H13FN2O/c1-9-2-3-11(14)13(6-9)17-12-4-5-16-8-10(12)7-15/h2-6,8H,7,15H2,1H3. The molecule has 3 nitrogen and oxygen atoms in total. The van der Waals surface area contributed by atoms with Gasteiger partial charge in [0.25, 0.3) is 0 Å². The minimum atomic E-state index is -0.393. The number of aromatic nitrogens is 1. The number of hydrogen-bond donors (Lipinski definition) is 1. The number of rotatable bonds is 3. The van der Waals surface area contributed by atoms with Crippen molar-refractivity contribution in [3.8, 4) is 11.5 Å². The van der Waals surface area contributed by atoms with E-state index in [1.165, 1.54) is 6.07 Å². The monoisotopic (exact) mass is 232 g/mol. The molecule has 0 amide bonds. The smallest absolute Gasteiger partial charge is 0.165 e. The molecule has 1 aromatic carbocycles. The van der Waals surface area contributed by atoms with Gasteiger partial charge in [0.1, 0.15) is 5.75 Å². The second-order valence-corrected chi connectivity index (χ2v) is 3.72. The van der Waals surface area contributed by atoms with Gasteiger partial charge in [-0.2, -0.15) is 0 Å². The van der Waals surface area contributed by atoms with E-state index in [4.69, 9.17) is 10.5 Å². The number of nitrogens with zero attached hydrogens (tertiary/aromatic N) is 1. The maximum Gasteiger partial charge on any atom is 0.165 e. The Bertz CT molecular complexity index is 529. The quantitative estimate of drug-likeness (QED) is 0.885. The van der Waals surface area contributed by atoms with Crippen molar-refractivity contribution < 1.29 is 9.13 Å². The molecule has 4 heteroatoms. The highest BCUT2D eigenvalue weighted by molar-refractivity contribution is 5.37. The largest absolute Gasteiger partial charge is 0.454 e. The molecule has 0 unspecified atom stereocenters. The van der Waals surface area contributed by atoms with Crippen molar-refractivity contribution in [3.05, 3.63) is 53.6 Å². The molecule has 0 saturated carbocycles. The number of nitrogens with two attached hydrogens (primary N) is 1. The van der Waals surface area contributed by atoms with Gasteiger partial charge in [-0.15, -0.1) is 0 Å². The third-order valence-electron chi connectivity index (χ3n) is 2.39.